The van der Waals surface area contributed by atoms with Crippen molar-refractivity contribution in [1.82, 2.24) is 9.80 Å². The molecule has 0 aromatic carbocycles. The highest BCUT2D eigenvalue weighted by molar-refractivity contribution is 4.97. The van der Waals surface area contributed by atoms with E-state index in [9.17, 15) is 0 Å². The van der Waals surface area contributed by atoms with Gasteiger partial charge in [-0.1, -0.05) is 258 Å². The highest BCUT2D eigenvalue weighted by Crippen LogP contribution is 2.24. The van der Waals surface area contributed by atoms with E-state index < -0.39 is 0 Å². The Bertz CT molecular complexity index is 629. The van der Waals surface area contributed by atoms with Gasteiger partial charge in [0.15, 0.2) is 0 Å². The summed E-state index contributed by atoms with van der Waals surface area (Å²) in [4.78, 5) is 5.47. The lowest BCUT2D eigenvalue weighted by molar-refractivity contribution is 0.135. The van der Waals surface area contributed by atoms with E-state index in [0.717, 1.165) is 0 Å². The monoisotopic (exact) mass is 715 g/mol. The van der Waals surface area contributed by atoms with Gasteiger partial charge in [0.05, 0.1) is 0 Å². The van der Waals surface area contributed by atoms with Gasteiger partial charge in [-0.15, -0.1) is 0 Å². The number of hydrogen-bond acceptors (Lipinski definition) is 2. The van der Waals surface area contributed by atoms with E-state index in [0.29, 0.717) is 6.17 Å². The molecule has 0 saturated carbocycles. The van der Waals surface area contributed by atoms with E-state index >= 15 is 0 Å². The largest absolute Gasteiger partial charge is 0.356 e. The molecule has 0 aromatic heterocycles. The van der Waals surface area contributed by atoms with Crippen molar-refractivity contribution in [3.63, 3.8) is 0 Å². The molecule has 304 valence electrons. The third kappa shape index (κ3) is 32.5. The minimum absolute atomic E-state index is 0.636. The third-order valence-electron chi connectivity index (χ3n) is 12.1. The molecule has 0 unspecified atom stereocenters. The van der Waals surface area contributed by atoms with Gasteiger partial charge < -0.3 is 9.80 Å². The van der Waals surface area contributed by atoms with Crippen molar-refractivity contribution in [1.29, 1.82) is 0 Å². The first-order valence-electron chi connectivity index (χ1n) is 24.5. The van der Waals surface area contributed by atoms with Crippen LogP contribution in [0.2, 0.25) is 0 Å². The van der Waals surface area contributed by atoms with Crippen molar-refractivity contribution in [2.75, 3.05) is 13.1 Å². The highest BCUT2D eigenvalue weighted by Gasteiger charge is 2.24. The molecule has 51 heavy (non-hydrogen) atoms. The van der Waals surface area contributed by atoms with Gasteiger partial charge >= 0.3 is 0 Å². The van der Waals surface area contributed by atoms with Gasteiger partial charge in [-0.2, -0.15) is 0 Å². The Balaban J connectivity index is 2.18. The lowest BCUT2D eigenvalue weighted by Crippen LogP contribution is -2.39. The Labute approximate surface area is 324 Å². The Morgan fingerprint density at radius 1 is 0.255 bits per heavy atom. The van der Waals surface area contributed by atoms with Gasteiger partial charge in [0.2, 0.25) is 0 Å². The molecule has 0 fully saturated rings. The van der Waals surface area contributed by atoms with Crippen molar-refractivity contribution in [3.05, 3.63) is 12.4 Å². The highest BCUT2D eigenvalue weighted by atomic mass is 15.4. The maximum absolute atomic E-state index is 2.74. The van der Waals surface area contributed by atoms with Crippen molar-refractivity contribution in [2.24, 2.45) is 0 Å². The molecule has 0 aliphatic carbocycles. The third-order valence-corrected chi connectivity index (χ3v) is 12.1. The van der Waals surface area contributed by atoms with Crippen molar-refractivity contribution in [2.45, 2.75) is 290 Å². The molecule has 0 bridgehead atoms. The van der Waals surface area contributed by atoms with Crippen LogP contribution in [0.1, 0.15) is 284 Å². The lowest BCUT2D eigenvalue weighted by Gasteiger charge is -2.33. The zero-order valence-corrected chi connectivity index (χ0v) is 36.0. The molecule has 0 amide bonds. The summed E-state index contributed by atoms with van der Waals surface area (Å²) in [5, 5.41) is 0. The fourth-order valence-electron chi connectivity index (χ4n) is 8.48. The predicted octanol–water partition coefficient (Wildman–Crippen LogP) is 17.5. The van der Waals surface area contributed by atoms with E-state index in [-0.39, 0.29) is 0 Å². The maximum Gasteiger partial charge on any atom is 0.101 e. The molecule has 0 radical (unpaired) electrons. The maximum atomic E-state index is 2.74. The van der Waals surface area contributed by atoms with Crippen LogP contribution >= 0.6 is 0 Å². The minimum Gasteiger partial charge on any atom is -0.356 e. The van der Waals surface area contributed by atoms with Gasteiger partial charge in [-0.25, -0.2) is 0 Å². The fourth-order valence-corrected chi connectivity index (χ4v) is 8.48. The topological polar surface area (TPSA) is 6.48 Å². The van der Waals surface area contributed by atoms with Crippen LogP contribution in [-0.4, -0.2) is 29.1 Å². The van der Waals surface area contributed by atoms with E-state index in [2.05, 4.69) is 43.0 Å². The first-order chi connectivity index (χ1) is 25.3. The summed E-state index contributed by atoms with van der Waals surface area (Å²) in [6.07, 6.45) is 64.9. The standard InChI is InChI=1S/C49H98N2/c1-4-7-10-13-16-19-22-24-26-28-30-33-36-39-42-45-50-47-48-51(49(50)44-41-38-35-32-21-18-15-12-9-6-3)46-43-40-37-34-31-29-27-25-23-20-17-14-11-8-5-2/h47-49H,4-46H2,1-3H3. The van der Waals surface area contributed by atoms with Crippen LogP contribution in [0.15, 0.2) is 12.4 Å². The smallest absolute Gasteiger partial charge is 0.101 e. The lowest BCUT2D eigenvalue weighted by atomic mass is 10.0. The van der Waals surface area contributed by atoms with Gasteiger partial charge in [0.25, 0.3) is 0 Å². The van der Waals surface area contributed by atoms with Gasteiger partial charge in [0.1, 0.15) is 6.17 Å². The Morgan fingerprint density at radius 2 is 0.451 bits per heavy atom. The van der Waals surface area contributed by atoms with Gasteiger partial charge in [-0.3, -0.25) is 0 Å². The molecule has 0 spiro atoms. The second kappa shape index (κ2) is 40.5. The van der Waals surface area contributed by atoms with Crippen molar-refractivity contribution in [3.8, 4) is 0 Å². The molecular weight excluding hydrogens is 617 g/mol. The summed E-state index contributed by atoms with van der Waals surface area (Å²) in [6, 6.07) is 0. The number of nitrogens with zero attached hydrogens (tertiary/aromatic N) is 2. The Hall–Kier alpha value is -0.660. The van der Waals surface area contributed by atoms with Crippen molar-refractivity contribution < 1.29 is 0 Å². The summed E-state index contributed by atoms with van der Waals surface area (Å²) < 4.78 is 0. The van der Waals surface area contributed by atoms with Crippen LogP contribution in [0.3, 0.4) is 0 Å². The van der Waals surface area contributed by atoms with E-state index in [4.69, 9.17) is 0 Å². The number of rotatable bonds is 43. The van der Waals surface area contributed by atoms with Crippen molar-refractivity contribution >= 4 is 0 Å². The summed E-state index contributed by atoms with van der Waals surface area (Å²) in [5.74, 6) is 0. The normalized spacial score (nSPS) is 13.4. The van der Waals surface area contributed by atoms with Crippen LogP contribution in [0, 0.1) is 0 Å². The second-order valence-corrected chi connectivity index (χ2v) is 17.1. The second-order valence-electron chi connectivity index (χ2n) is 17.1. The summed E-state index contributed by atoms with van der Waals surface area (Å²) in [6.45, 7) is 9.49. The molecule has 0 atom stereocenters. The fraction of sp³-hybridized carbons (Fsp3) is 0.959. The summed E-state index contributed by atoms with van der Waals surface area (Å²) in [7, 11) is 0. The minimum atomic E-state index is 0.636. The molecule has 1 rings (SSSR count). The van der Waals surface area contributed by atoms with E-state index in [1.165, 1.54) is 276 Å². The van der Waals surface area contributed by atoms with Crippen LogP contribution in [0.4, 0.5) is 0 Å². The molecule has 1 aliphatic rings. The van der Waals surface area contributed by atoms with E-state index in [1.54, 1.807) is 0 Å². The molecule has 2 nitrogen and oxygen atoms in total. The molecule has 0 N–H and O–H groups in total. The first kappa shape index (κ1) is 48.4. The van der Waals surface area contributed by atoms with Crippen LogP contribution < -0.4 is 0 Å². The Morgan fingerprint density at radius 3 is 0.686 bits per heavy atom. The average molecular weight is 715 g/mol. The summed E-state index contributed by atoms with van der Waals surface area (Å²) in [5.41, 5.74) is 0. The van der Waals surface area contributed by atoms with Gasteiger partial charge in [-0.05, 0) is 25.7 Å². The quantitative estimate of drug-likeness (QED) is 0.0580. The van der Waals surface area contributed by atoms with Crippen LogP contribution in [0.5, 0.6) is 0 Å². The molecule has 0 saturated heterocycles. The number of unbranched alkanes of at least 4 members (excludes halogenated alkanes) is 37. The number of hydrogen-bond donors (Lipinski definition) is 0. The van der Waals surface area contributed by atoms with Crippen LogP contribution in [0.25, 0.3) is 0 Å². The van der Waals surface area contributed by atoms with Crippen LogP contribution in [-0.2, 0) is 0 Å². The van der Waals surface area contributed by atoms with Gasteiger partial charge in [0, 0.05) is 25.5 Å². The molecule has 1 aliphatic heterocycles. The zero-order valence-electron chi connectivity index (χ0n) is 36.0. The zero-order chi connectivity index (χ0) is 36.6. The SMILES string of the molecule is CCCCCCCCCCCCCCCCCN1C=CN(CCCCCCCCCCCCCCCCC)C1CCCCCCCCCCCC. The molecule has 1 heterocycles. The first-order valence-corrected chi connectivity index (χ1v) is 24.5. The van der Waals surface area contributed by atoms with E-state index in [1.807, 2.05) is 0 Å². The predicted molar refractivity (Wildman–Crippen MR) is 233 cm³/mol. The molecule has 2 heteroatoms. The average Bonchev–Trinajstić information content (AvgIpc) is 3.53. The Kier molecular flexibility index (Phi) is 38.4. The molecular formula is C49H98N2. The molecule has 0 aromatic rings. The summed E-state index contributed by atoms with van der Waals surface area (Å²) >= 11 is 0.